The molecule has 0 bridgehead atoms. The number of fused-ring (bicyclic) bond motifs is 3. The average molecular weight is 432 g/mol. The van der Waals surface area contributed by atoms with Crippen molar-refractivity contribution in [2.45, 2.75) is 45.1 Å². The Morgan fingerprint density at radius 1 is 0.935 bits per heavy atom. The molecule has 0 saturated heterocycles. The fourth-order valence-electron chi connectivity index (χ4n) is 4.70. The zero-order chi connectivity index (χ0) is 21.4. The first-order chi connectivity index (χ1) is 15.0. The SMILES string of the molecule is Cc1cc(OCC(=O)OC2(C)CCCC2)ccc1-[s+]1c2ccccc2c2ccccc21. The summed E-state index contributed by atoms with van der Waals surface area (Å²) in [6.45, 7) is 4.09. The number of thiophene rings is 1. The van der Waals surface area contributed by atoms with E-state index in [0.717, 1.165) is 25.7 Å². The summed E-state index contributed by atoms with van der Waals surface area (Å²) in [6, 6.07) is 23.5. The van der Waals surface area contributed by atoms with E-state index in [-0.39, 0.29) is 28.6 Å². The molecule has 5 rings (SSSR count). The third-order valence-corrected chi connectivity index (χ3v) is 8.74. The maximum absolute atomic E-state index is 12.3. The van der Waals surface area contributed by atoms with Crippen molar-refractivity contribution in [3.05, 3.63) is 72.3 Å². The van der Waals surface area contributed by atoms with Crippen LogP contribution in [0, 0.1) is 6.92 Å². The summed E-state index contributed by atoms with van der Waals surface area (Å²) >= 11 is 0. The van der Waals surface area contributed by atoms with E-state index in [0.29, 0.717) is 5.75 Å². The quantitative estimate of drug-likeness (QED) is 0.246. The van der Waals surface area contributed by atoms with Gasteiger partial charge in [-0.2, -0.15) is 0 Å². The van der Waals surface area contributed by atoms with Crippen LogP contribution in [0.4, 0.5) is 0 Å². The molecule has 158 valence electrons. The van der Waals surface area contributed by atoms with Crippen molar-refractivity contribution in [2.24, 2.45) is 0 Å². The van der Waals surface area contributed by atoms with E-state index >= 15 is 0 Å². The third-order valence-electron chi connectivity index (χ3n) is 6.25. The van der Waals surface area contributed by atoms with Gasteiger partial charge in [0.25, 0.3) is 0 Å². The van der Waals surface area contributed by atoms with Crippen molar-refractivity contribution in [1.29, 1.82) is 0 Å². The Labute approximate surface area is 185 Å². The average Bonchev–Trinajstić information content (AvgIpc) is 3.34. The van der Waals surface area contributed by atoms with Crippen LogP contribution >= 0.6 is 10.5 Å². The lowest BCUT2D eigenvalue weighted by molar-refractivity contribution is -0.159. The van der Waals surface area contributed by atoms with Gasteiger partial charge >= 0.3 is 5.97 Å². The van der Waals surface area contributed by atoms with Crippen molar-refractivity contribution in [3.8, 4) is 10.6 Å². The van der Waals surface area contributed by atoms with Gasteiger partial charge in [0, 0.05) is 32.9 Å². The van der Waals surface area contributed by atoms with Crippen LogP contribution in [0.15, 0.2) is 66.7 Å². The molecule has 3 aromatic carbocycles. The summed E-state index contributed by atoms with van der Waals surface area (Å²) in [5.74, 6) is 0.422. The lowest BCUT2D eigenvalue weighted by Gasteiger charge is -2.23. The summed E-state index contributed by atoms with van der Waals surface area (Å²) < 4.78 is 14.2. The van der Waals surface area contributed by atoms with Gasteiger partial charge in [-0.15, -0.1) is 0 Å². The fourth-order valence-corrected chi connectivity index (χ4v) is 7.22. The highest BCUT2D eigenvalue weighted by Gasteiger charge is 2.32. The first-order valence-corrected chi connectivity index (χ1v) is 12.1. The molecular weight excluding hydrogens is 404 g/mol. The van der Waals surface area contributed by atoms with Crippen LogP contribution < -0.4 is 4.74 Å². The number of hydrogen-bond donors (Lipinski definition) is 0. The van der Waals surface area contributed by atoms with Gasteiger partial charge in [-0.25, -0.2) is 4.79 Å². The molecule has 0 N–H and O–H groups in total. The summed E-state index contributed by atoms with van der Waals surface area (Å²) in [5, 5.41) is 2.65. The van der Waals surface area contributed by atoms with Crippen LogP contribution in [0.5, 0.6) is 5.75 Å². The van der Waals surface area contributed by atoms with Crippen LogP contribution in [0.1, 0.15) is 38.2 Å². The molecule has 1 fully saturated rings. The van der Waals surface area contributed by atoms with Crippen molar-refractivity contribution in [3.63, 3.8) is 0 Å². The van der Waals surface area contributed by atoms with Crippen LogP contribution in [0.3, 0.4) is 0 Å². The van der Waals surface area contributed by atoms with Gasteiger partial charge in [-0.05, 0) is 75.9 Å². The van der Waals surface area contributed by atoms with E-state index in [2.05, 4.69) is 61.5 Å². The van der Waals surface area contributed by atoms with E-state index in [4.69, 9.17) is 9.47 Å². The molecule has 0 spiro atoms. The fraction of sp³-hybridized carbons (Fsp3) is 0.296. The molecule has 0 radical (unpaired) electrons. The molecule has 1 aliphatic carbocycles. The number of ether oxygens (including phenoxy) is 2. The van der Waals surface area contributed by atoms with Gasteiger partial charge in [-0.3, -0.25) is 0 Å². The minimum Gasteiger partial charge on any atom is -0.482 e. The molecule has 1 aliphatic rings. The molecule has 0 aliphatic heterocycles. The lowest BCUT2D eigenvalue weighted by Crippen LogP contribution is -2.30. The normalized spacial score (nSPS) is 15.4. The molecule has 31 heavy (non-hydrogen) atoms. The first kappa shape index (κ1) is 20.1. The van der Waals surface area contributed by atoms with Gasteiger partial charge in [0.15, 0.2) is 20.9 Å². The van der Waals surface area contributed by atoms with Crippen LogP contribution in [0.25, 0.3) is 25.1 Å². The largest absolute Gasteiger partial charge is 0.482 e. The second-order valence-corrected chi connectivity index (χ2v) is 10.6. The maximum atomic E-state index is 12.3. The van der Waals surface area contributed by atoms with Crippen LogP contribution in [-0.4, -0.2) is 18.2 Å². The number of carbonyl (C=O) groups is 1. The highest BCUT2D eigenvalue weighted by atomic mass is 32.2. The van der Waals surface area contributed by atoms with Gasteiger partial charge in [0.1, 0.15) is 11.4 Å². The molecule has 4 aromatic rings. The molecule has 0 atom stereocenters. The van der Waals surface area contributed by atoms with E-state index < -0.39 is 0 Å². The Bertz CT molecular complexity index is 1210. The highest BCUT2D eigenvalue weighted by Crippen LogP contribution is 2.49. The van der Waals surface area contributed by atoms with Crippen LogP contribution in [0.2, 0.25) is 0 Å². The van der Waals surface area contributed by atoms with Gasteiger partial charge in [0.2, 0.25) is 0 Å². The zero-order valence-electron chi connectivity index (χ0n) is 18.0. The molecule has 1 aromatic heterocycles. The Hall–Kier alpha value is -2.85. The predicted octanol–water partition coefficient (Wildman–Crippen LogP) is 7.29. The smallest absolute Gasteiger partial charge is 0.344 e. The van der Waals surface area contributed by atoms with E-state index in [1.165, 1.54) is 30.6 Å². The maximum Gasteiger partial charge on any atom is 0.344 e. The summed E-state index contributed by atoms with van der Waals surface area (Å²) in [6.07, 6.45) is 4.13. The molecular formula is C27H27O3S+. The monoisotopic (exact) mass is 431 g/mol. The second kappa shape index (κ2) is 8.01. The number of aryl methyl sites for hydroxylation is 1. The first-order valence-electron chi connectivity index (χ1n) is 10.9. The molecule has 4 heteroatoms. The molecule has 1 heterocycles. The standard InChI is InChI=1S/C27H27O3S/c1-19-17-20(29-18-26(28)30-27(2)15-7-8-16-27)13-14-23(19)31-24-11-5-3-9-21(24)22-10-4-6-12-25(22)31/h3-6,9-14,17H,7-8,15-16,18H2,1-2H3/q+1. The molecule has 0 amide bonds. The van der Waals surface area contributed by atoms with Gasteiger partial charge in [-0.1, -0.05) is 24.3 Å². The second-order valence-electron chi connectivity index (χ2n) is 8.65. The topological polar surface area (TPSA) is 35.5 Å². The van der Waals surface area contributed by atoms with E-state index in [9.17, 15) is 4.79 Å². The predicted molar refractivity (Wildman–Crippen MR) is 128 cm³/mol. The highest BCUT2D eigenvalue weighted by molar-refractivity contribution is 7.50. The van der Waals surface area contributed by atoms with E-state index in [1.807, 2.05) is 19.1 Å². The molecule has 0 unspecified atom stereocenters. The summed E-state index contributed by atoms with van der Waals surface area (Å²) in [4.78, 5) is 13.6. The third kappa shape index (κ3) is 3.81. The van der Waals surface area contributed by atoms with Gasteiger partial charge in [0.05, 0.1) is 0 Å². The summed E-state index contributed by atoms with van der Waals surface area (Å²) in [5.41, 5.74) is 0.855. The Morgan fingerprint density at radius 3 is 2.16 bits per heavy atom. The lowest BCUT2D eigenvalue weighted by atomic mass is 10.1. The Morgan fingerprint density at radius 2 is 1.55 bits per heavy atom. The number of hydrogen-bond acceptors (Lipinski definition) is 3. The molecule has 3 nitrogen and oxygen atoms in total. The van der Waals surface area contributed by atoms with Crippen LogP contribution in [-0.2, 0) is 9.53 Å². The van der Waals surface area contributed by atoms with Crippen molar-refractivity contribution < 1.29 is 14.3 Å². The summed E-state index contributed by atoms with van der Waals surface area (Å²) in [7, 11) is -0.129. The Kier molecular flexibility index (Phi) is 5.19. The minimum absolute atomic E-state index is 0.0498. The minimum atomic E-state index is -0.315. The van der Waals surface area contributed by atoms with Crippen molar-refractivity contribution in [1.82, 2.24) is 0 Å². The number of esters is 1. The number of rotatable bonds is 5. The van der Waals surface area contributed by atoms with Gasteiger partial charge < -0.3 is 9.47 Å². The van der Waals surface area contributed by atoms with Crippen molar-refractivity contribution in [2.75, 3.05) is 6.61 Å². The number of carbonyl (C=O) groups excluding carboxylic acids is 1. The van der Waals surface area contributed by atoms with Crippen molar-refractivity contribution >= 4 is 36.6 Å². The Balaban J connectivity index is 1.41. The number of benzene rings is 3. The van der Waals surface area contributed by atoms with E-state index in [1.54, 1.807) is 0 Å². The molecule has 1 saturated carbocycles. The zero-order valence-corrected chi connectivity index (χ0v) is 18.8.